The Morgan fingerprint density at radius 2 is 0.702 bits per heavy atom. The first-order valence-electron chi connectivity index (χ1n) is 19.1. The van der Waals surface area contributed by atoms with Gasteiger partial charge in [0, 0.05) is 20.9 Å². The minimum absolute atomic E-state index is 0.305. The molecule has 0 aromatic rings. The first-order chi connectivity index (χ1) is 22.5. The Morgan fingerprint density at radius 1 is 0.447 bits per heavy atom. The van der Waals surface area contributed by atoms with Gasteiger partial charge < -0.3 is 20.4 Å². The quantitative estimate of drug-likeness (QED) is 0.117. The maximum absolute atomic E-state index is 12.3. The second-order valence-electron chi connectivity index (χ2n) is 15.9. The highest BCUT2D eigenvalue weighted by Crippen LogP contribution is 2.77. The van der Waals surface area contributed by atoms with Crippen molar-refractivity contribution in [2.75, 3.05) is 24.6 Å². The molecule has 4 saturated carbocycles. The third-order valence-electron chi connectivity index (χ3n) is 13.3. The summed E-state index contributed by atoms with van der Waals surface area (Å²) in [5, 5.41) is 40.3. The minimum atomic E-state index is -1.74. The zero-order chi connectivity index (χ0) is 34.2. The molecular weight excluding hydrogens is 634 g/mol. The number of hydrogen-bond acceptors (Lipinski definition) is 4. The van der Waals surface area contributed by atoms with E-state index < -0.39 is 38.4 Å². The smallest absolute Gasteiger partial charge is 0.306 e. The van der Waals surface area contributed by atoms with Crippen LogP contribution in [0.3, 0.4) is 0 Å². The van der Waals surface area contributed by atoms with Gasteiger partial charge in [-0.15, -0.1) is 0 Å². The predicted octanol–water partition coefficient (Wildman–Crippen LogP) is 8.81. The predicted molar refractivity (Wildman–Crippen MR) is 192 cm³/mol. The van der Waals surface area contributed by atoms with Crippen LogP contribution in [0.25, 0.3) is 0 Å². The highest BCUT2D eigenvalue weighted by Gasteiger charge is 2.57. The molecule has 0 bridgehead atoms. The molecule has 0 radical (unpaired) electrons. The molecule has 4 aliphatic carbocycles. The Kier molecular flexibility index (Phi) is 14.4. The maximum Gasteiger partial charge on any atom is 0.306 e. The van der Waals surface area contributed by atoms with Crippen molar-refractivity contribution in [3.63, 3.8) is 0 Å². The number of carboxylic acids is 4. The van der Waals surface area contributed by atoms with Gasteiger partial charge in [0.25, 0.3) is 0 Å². The van der Waals surface area contributed by atoms with Crippen molar-refractivity contribution >= 4 is 38.4 Å². The summed E-state index contributed by atoms with van der Waals surface area (Å²) in [5.74, 6) is -3.94. The van der Waals surface area contributed by atoms with Crippen molar-refractivity contribution < 1.29 is 39.6 Å². The monoisotopic (exact) mass is 698 g/mol. The number of carbonyl (C=O) groups is 4. The second kappa shape index (κ2) is 17.6. The fraction of sp³-hybridized carbons (Fsp3) is 0.892. The molecule has 0 aromatic heterocycles. The summed E-state index contributed by atoms with van der Waals surface area (Å²) in [6, 6.07) is 0. The standard InChI is InChI=1S/C37H62O8P2/c1-3-18-46(30-14-5-10-26(22-30)34(38)39,31-15-6-11-27(23-31)35(40)41)20-9-21-47(19-4-2,32-16-7-12-28(24-32)36(42)43)33-17-8-13-29(25-33)37(44)45/h26-33H,3-25H2,1-2H3,(H2-2,38,39,40,41,42,43,44,45)/p+2. The number of hydrogen-bond donors (Lipinski definition) is 4. The van der Waals surface area contributed by atoms with Crippen molar-refractivity contribution in [3.05, 3.63) is 0 Å². The van der Waals surface area contributed by atoms with Crippen LogP contribution in [0.2, 0.25) is 0 Å². The third-order valence-corrected chi connectivity index (χ3v) is 25.9. The molecule has 0 amide bonds. The lowest BCUT2D eigenvalue weighted by Crippen LogP contribution is -2.39. The van der Waals surface area contributed by atoms with Gasteiger partial charge in [0.15, 0.2) is 0 Å². The molecule has 8 unspecified atom stereocenters. The average Bonchev–Trinajstić information content (AvgIpc) is 3.07. The lowest BCUT2D eigenvalue weighted by molar-refractivity contribution is -0.143. The fourth-order valence-electron chi connectivity index (χ4n) is 11.2. The SMILES string of the molecule is CCC[P+](CCC[P+](CCC)(C1CCCC(C(=O)O)C1)C1CCCC(C(=O)O)C1)(C1CCCC(C(=O)O)C1)C1CCCC(C(=O)O)C1. The van der Waals surface area contributed by atoms with Crippen LogP contribution >= 0.6 is 14.5 Å². The summed E-state index contributed by atoms with van der Waals surface area (Å²) in [7, 11) is -3.48. The van der Waals surface area contributed by atoms with Crippen LogP contribution in [0, 0.1) is 23.7 Å². The van der Waals surface area contributed by atoms with E-state index in [0.29, 0.717) is 22.6 Å². The number of carboxylic acid groups (broad SMARTS) is 4. The summed E-state index contributed by atoms with van der Waals surface area (Å²) in [6.07, 6.45) is 21.4. The van der Waals surface area contributed by atoms with Gasteiger partial charge in [0.2, 0.25) is 0 Å². The molecule has 4 aliphatic rings. The Labute approximate surface area is 284 Å². The molecule has 0 aliphatic heterocycles. The zero-order valence-corrected chi connectivity index (χ0v) is 31.0. The summed E-state index contributed by atoms with van der Waals surface area (Å²) < 4.78 is 0. The van der Waals surface area contributed by atoms with Crippen LogP contribution in [0.1, 0.15) is 136 Å². The molecule has 0 aromatic carbocycles. The second-order valence-corrected chi connectivity index (χ2v) is 25.0. The first-order valence-corrected chi connectivity index (χ1v) is 23.7. The van der Waals surface area contributed by atoms with Crippen LogP contribution in [0.4, 0.5) is 0 Å². The molecule has 4 rings (SSSR count). The highest BCUT2D eigenvalue weighted by molar-refractivity contribution is 7.78. The van der Waals surface area contributed by atoms with Gasteiger partial charge in [0.1, 0.15) is 0 Å². The molecule has 10 heteroatoms. The highest BCUT2D eigenvalue weighted by atomic mass is 31.2. The average molecular weight is 699 g/mol. The molecule has 0 spiro atoms. The maximum atomic E-state index is 12.3. The first kappa shape index (κ1) is 38.5. The van der Waals surface area contributed by atoms with Gasteiger partial charge in [-0.1, -0.05) is 13.8 Å². The molecule has 8 atom stereocenters. The lowest BCUT2D eigenvalue weighted by atomic mass is 9.88. The Balaban J connectivity index is 1.70. The van der Waals surface area contributed by atoms with Crippen LogP contribution in [-0.4, -0.2) is 91.6 Å². The van der Waals surface area contributed by atoms with E-state index in [0.717, 1.165) is 147 Å². The van der Waals surface area contributed by atoms with Gasteiger partial charge in [-0.3, -0.25) is 19.2 Å². The van der Waals surface area contributed by atoms with Crippen molar-refractivity contribution in [1.82, 2.24) is 0 Å². The van der Waals surface area contributed by atoms with E-state index in [1.165, 1.54) is 0 Å². The van der Waals surface area contributed by atoms with Gasteiger partial charge >= 0.3 is 23.9 Å². The van der Waals surface area contributed by atoms with Crippen molar-refractivity contribution in [2.24, 2.45) is 23.7 Å². The van der Waals surface area contributed by atoms with E-state index in [9.17, 15) is 39.6 Å². The molecule has 0 saturated heterocycles. The topological polar surface area (TPSA) is 149 Å². The van der Waals surface area contributed by atoms with Crippen molar-refractivity contribution in [3.8, 4) is 0 Å². The Morgan fingerprint density at radius 3 is 0.915 bits per heavy atom. The van der Waals surface area contributed by atoms with Gasteiger partial charge in [-0.05, 0) is 116 Å². The van der Waals surface area contributed by atoms with E-state index in [2.05, 4.69) is 13.8 Å². The van der Waals surface area contributed by atoms with Crippen LogP contribution < -0.4 is 0 Å². The normalized spacial score (nSPS) is 34.4. The number of aliphatic carboxylic acids is 4. The van der Waals surface area contributed by atoms with E-state index in [1.807, 2.05) is 0 Å². The van der Waals surface area contributed by atoms with Crippen molar-refractivity contribution in [2.45, 2.75) is 158 Å². The molecule has 8 nitrogen and oxygen atoms in total. The molecule has 0 heterocycles. The van der Waals surface area contributed by atoms with E-state index in [-0.39, 0.29) is 23.7 Å². The third kappa shape index (κ3) is 9.11. The minimum Gasteiger partial charge on any atom is -0.481 e. The van der Waals surface area contributed by atoms with Gasteiger partial charge in [0.05, 0.1) is 71.0 Å². The molecule has 4 fully saturated rings. The molecule has 268 valence electrons. The Hall–Kier alpha value is -1.26. The van der Waals surface area contributed by atoms with Crippen LogP contribution in [-0.2, 0) is 19.2 Å². The fourth-order valence-corrected chi connectivity index (χ4v) is 24.6. The summed E-state index contributed by atoms with van der Waals surface area (Å²) >= 11 is 0. The van der Waals surface area contributed by atoms with Crippen LogP contribution in [0.5, 0.6) is 0 Å². The van der Waals surface area contributed by atoms with E-state index in [4.69, 9.17) is 0 Å². The van der Waals surface area contributed by atoms with E-state index in [1.54, 1.807) is 0 Å². The van der Waals surface area contributed by atoms with Crippen molar-refractivity contribution in [1.29, 1.82) is 0 Å². The Bertz CT molecular complexity index is 931. The van der Waals surface area contributed by atoms with Gasteiger partial charge in [-0.2, -0.15) is 0 Å². The summed E-state index contributed by atoms with van der Waals surface area (Å²) in [4.78, 5) is 49.1. The van der Waals surface area contributed by atoms with Crippen LogP contribution in [0.15, 0.2) is 0 Å². The summed E-state index contributed by atoms with van der Waals surface area (Å²) in [6.45, 7) is 4.50. The lowest BCUT2D eigenvalue weighted by Gasteiger charge is -2.47. The molecule has 4 N–H and O–H groups in total. The van der Waals surface area contributed by atoms with Gasteiger partial charge in [-0.25, -0.2) is 0 Å². The molecular formula is C37H64O8P2+2. The van der Waals surface area contributed by atoms with E-state index >= 15 is 0 Å². The molecule has 47 heavy (non-hydrogen) atoms. The zero-order valence-electron chi connectivity index (χ0n) is 29.2. The summed E-state index contributed by atoms with van der Waals surface area (Å²) in [5.41, 5.74) is 1.52. The number of rotatable bonds is 16. The largest absolute Gasteiger partial charge is 0.481 e.